The highest BCUT2D eigenvalue weighted by Gasteiger charge is 2.48. The van der Waals surface area contributed by atoms with E-state index in [4.69, 9.17) is 0 Å². The molecule has 1 aliphatic carbocycles. The van der Waals surface area contributed by atoms with Gasteiger partial charge in [0.25, 0.3) is 11.8 Å². The topological polar surface area (TPSA) is 134 Å². The molecule has 5 rings (SSSR count). The number of thiophene rings is 2. The van der Waals surface area contributed by atoms with Crippen LogP contribution in [0.25, 0.3) is 0 Å². The molecule has 3 aromatic rings. The van der Waals surface area contributed by atoms with Crippen LogP contribution < -0.4 is 5.32 Å². The molecule has 1 aliphatic heterocycles. The summed E-state index contributed by atoms with van der Waals surface area (Å²) < 4.78 is 0. The van der Waals surface area contributed by atoms with Gasteiger partial charge in [-0.2, -0.15) is 10.5 Å². The normalized spacial score (nSPS) is 18.0. The van der Waals surface area contributed by atoms with Gasteiger partial charge in [0.15, 0.2) is 5.82 Å². The molecule has 0 spiro atoms. The van der Waals surface area contributed by atoms with Crippen molar-refractivity contribution in [3.8, 4) is 6.07 Å². The Morgan fingerprint density at radius 1 is 1.17 bits per heavy atom. The first-order valence-corrected chi connectivity index (χ1v) is 15.7. The van der Waals surface area contributed by atoms with Gasteiger partial charge in [-0.1, -0.05) is 11.8 Å². The van der Waals surface area contributed by atoms with E-state index in [0.29, 0.717) is 28.5 Å². The third kappa shape index (κ3) is 5.34. The number of aromatic amines is 1. The van der Waals surface area contributed by atoms with Crippen molar-refractivity contribution >= 4 is 34.5 Å². The smallest absolute Gasteiger partial charge is 0.263 e. The molecule has 222 valence electrons. The lowest BCUT2D eigenvalue weighted by Gasteiger charge is -2.34. The summed E-state index contributed by atoms with van der Waals surface area (Å²) in [5.41, 5.74) is 2.01. The van der Waals surface area contributed by atoms with E-state index in [1.54, 1.807) is 38.0 Å². The van der Waals surface area contributed by atoms with Crippen molar-refractivity contribution in [3.05, 3.63) is 60.9 Å². The quantitative estimate of drug-likeness (QED) is 0.379. The zero-order valence-corrected chi connectivity index (χ0v) is 26.4. The van der Waals surface area contributed by atoms with Gasteiger partial charge in [-0.05, 0) is 62.3 Å². The van der Waals surface area contributed by atoms with E-state index in [9.17, 15) is 14.9 Å². The van der Waals surface area contributed by atoms with Crippen molar-refractivity contribution in [1.82, 2.24) is 40.6 Å². The summed E-state index contributed by atoms with van der Waals surface area (Å²) in [6.45, 7) is 7.76. The highest BCUT2D eigenvalue weighted by Crippen LogP contribution is 2.51. The van der Waals surface area contributed by atoms with Crippen LogP contribution in [0, 0.1) is 11.3 Å². The maximum atomic E-state index is 13.1. The molecule has 11 nitrogen and oxygen atoms in total. The summed E-state index contributed by atoms with van der Waals surface area (Å²) >= 11 is 3.04. The Hall–Kier alpha value is -3.60. The number of nitriles is 1. The Morgan fingerprint density at radius 2 is 1.76 bits per heavy atom. The maximum absolute atomic E-state index is 13.1. The number of likely N-dealkylation sites (tertiary alicyclic amines) is 1. The zero-order chi connectivity index (χ0) is 30.2. The Morgan fingerprint density at radius 3 is 2.26 bits per heavy atom. The number of aryl methyl sites for hydroxylation is 2. The van der Waals surface area contributed by atoms with Crippen LogP contribution in [0.2, 0.25) is 0 Å². The Balaban J connectivity index is 1.59. The number of hydrogen-bond acceptors (Lipinski definition) is 10. The molecule has 1 fully saturated rings. The molecule has 42 heavy (non-hydrogen) atoms. The second-order valence-electron chi connectivity index (χ2n) is 11.5. The van der Waals surface area contributed by atoms with Crippen LogP contribution in [0.3, 0.4) is 0 Å². The lowest BCUT2D eigenvalue weighted by atomic mass is 9.70. The van der Waals surface area contributed by atoms with Gasteiger partial charge in [-0.3, -0.25) is 9.59 Å². The predicted octanol–water partition coefficient (Wildman–Crippen LogP) is 3.03. The van der Waals surface area contributed by atoms with E-state index in [-0.39, 0.29) is 23.9 Å². The lowest BCUT2D eigenvalue weighted by Crippen LogP contribution is -2.41. The molecule has 2 N–H and O–H groups in total. The van der Waals surface area contributed by atoms with Crippen molar-refractivity contribution < 1.29 is 9.59 Å². The number of H-pyrrole nitrogens is 1. The van der Waals surface area contributed by atoms with Crippen molar-refractivity contribution in [2.45, 2.75) is 56.5 Å². The number of carbonyl (C=O) groups is 2. The number of nitrogens with zero attached hydrogens (tertiary/aromatic N) is 7. The average molecular weight is 608 g/mol. The van der Waals surface area contributed by atoms with Gasteiger partial charge in [0, 0.05) is 62.8 Å². The SMILES string of the molecule is C=C(CN[C@@H](C)CC1(c2nn[nH]n2)c2cc(C(=O)N(C)C)sc2CCc2sc(C(=O)N(C)C)cc21)N1CCCC1C#N. The van der Waals surface area contributed by atoms with E-state index in [1.165, 1.54) is 22.7 Å². The first-order valence-electron chi connectivity index (χ1n) is 14.1. The molecular formula is C29H37N9O2S2. The standard InChI is InChI=1S/C29H37N9O2S2/c1-17(31-16-18(2)38-11-7-8-19(38)15-30)14-29(28-32-34-35-33-28)20-12-24(26(39)36(3)4)41-22(20)9-10-23-21(29)13-25(42-23)27(40)37(5)6/h12-13,17,19,31H,2,7-11,14,16H2,1,3-6H3,(H,32,33,34,35)/t17-,19?/m0/s1. The van der Waals surface area contributed by atoms with Gasteiger partial charge in [-0.25, -0.2) is 0 Å². The second kappa shape index (κ2) is 11.9. The van der Waals surface area contributed by atoms with E-state index in [1.807, 2.05) is 12.1 Å². The van der Waals surface area contributed by atoms with E-state index >= 15 is 0 Å². The molecular weight excluding hydrogens is 571 g/mol. The summed E-state index contributed by atoms with van der Waals surface area (Å²) in [5, 5.41) is 28.9. The number of nitrogens with one attached hydrogen (secondary N) is 2. The van der Waals surface area contributed by atoms with E-state index in [2.05, 4.69) is 50.4 Å². The van der Waals surface area contributed by atoms with Crippen LogP contribution in [0.1, 0.15) is 72.2 Å². The van der Waals surface area contributed by atoms with Crippen molar-refractivity contribution in [1.29, 1.82) is 5.26 Å². The number of carbonyl (C=O) groups excluding carboxylic acids is 2. The monoisotopic (exact) mass is 607 g/mol. The molecule has 2 aliphatic rings. The molecule has 0 saturated carbocycles. The van der Waals surface area contributed by atoms with Gasteiger partial charge in [0.2, 0.25) is 0 Å². The van der Waals surface area contributed by atoms with E-state index < -0.39 is 5.41 Å². The fraction of sp³-hybridized carbons (Fsp3) is 0.517. The third-order valence-corrected chi connectivity index (χ3v) is 10.5. The molecule has 2 atom stereocenters. The molecule has 2 amide bonds. The molecule has 4 heterocycles. The van der Waals surface area contributed by atoms with Gasteiger partial charge in [-0.15, -0.1) is 32.9 Å². The molecule has 0 aromatic carbocycles. The minimum atomic E-state index is -0.854. The highest BCUT2D eigenvalue weighted by atomic mass is 32.1. The molecule has 13 heteroatoms. The fourth-order valence-electron chi connectivity index (χ4n) is 6.07. The zero-order valence-electron chi connectivity index (χ0n) is 24.7. The maximum Gasteiger partial charge on any atom is 0.263 e. The molecule has 1 saturated heterocycles. The van der Waals surface area contributed by atoms with Crippen LogP contribution in [0.4, 0.5) is 0 Å². The molecule has 0 radical (unpaired) electrons. The fourth-order valence-corrected chi connectivity index (χ4v) is 8.59. The van der Waals surface area contributed by atoms with Gasteiger partial charge < -0.3 is 20.0 Å². The number of rotatable bonds is 9. The number of tetrazole rings is 1. The highest BCUT2D eigenvalue weighted by molar-refractivity contribution is 7.15. The van der Waals surface area contributed by atoms with E-state index in [0.717, 1.165) is 58.8 Å². The number of amides is 2. The van der Waals surface area contributed by atoms with Crippen molar-refractivity contribution in [3.63, 3.8) is 0 Å². The minimum absolute atomic E-state index is 0.0516. The third-order valence-electron chi connectivity index (χ3n) is 8.15. The van der Waals surface area contributed by atoms with Gasteiger partial charge in [0.1, 0.15) is 6.04 Å². The number of hydrogen-bond donors (Lipinski definition) is 2. The molecule has 3 aromatic heterocycles. The van der Waals surface area contributed by atoms with Crippen molar-refractivity contribution in [2.75, 3.05) is 41.3 Å². The van der Waals surface area contributed by atoms with Crippen molar-refractivity contribution in [2.24, 2.45) is 0 Å². The Labute approximate surface area is 254 Å². The van der Waals surface area contributed by atoms with Crippen LogP contribution >= 0.6 is 22.7 Å². The summed E-state index contributed by atoms with van der Waals surface area (Å²) in [6, 6.07) is 6.19. The van der Waals surface area contributed by atoms with Gasteiger partial charge >= 0.3 is 0 Å². The largest absolute Gasteiger partial charge is 0.358 e. The summed E-state index contributed by atoms with van der Waals surface area (Å²) in [4.78, 5) is 35.1. The van der Waals surface area contributed by atoms with Crippen LogP contribution in [-0.4, -0.2) is 101 Å². The number of fused-ring (bicyclic) bond motifs is 2. The number of aromatic nitrogens is 4. The lowest BCUT2D eigenvalue weighted by molar-refractivity contribution is 0.0825. The van der Waals surface area contributed by atoms with Crippen LogP contribution in [0.5, 0.6) is 0 Å². The predicted molar refractivity (Wildman–Crippen MR) is 163 cm³/mol. The van der Waals surface area contributed by atoms with Crippen LogP contribution in [-0.2, 0) is 18.3 Å². The summed E-state index contributed by atoms with van der Waals surface area (Å²) in [5.74, 6) is 0.403. The summed E-state index contributed by atoms with van der Waals surface area (Å²) in [7, 11) is 7.02. The Kier molecular flexibility index (Phi) is 8.50. The molecule has 0 bridgehead atoms. The minimum Gasteiger partial charge on any atom is -0.358 e. The van der Waals surface area contributed by atoms with Crippen LogP contribution in [0.15, 0.2) is 24.4 Å². The Bertz CT molecular complexity index is 1450. The second-order valence-corrected chi connectivity index (χ2v) is 13.7. The van der Waals surface area contributed by atoms with Gasteiger partial charge in [0.05, 0.1) is 21.2 Å². The summed E-state index contributed by atoms with van der Waals surface area (Å²) in [6.07, 6.45) is 3.88. The molecule has 1 unspecified atom stereocenters. The first-order chi connectivity index (χ1) is 20.1. The first kappa shape index (κ1) is 29.9. The average Bonchev–Trinajstić information content (AvgIpc) is 3.78.